The maximum absolute atomic E-state index is 12.1. The highest BCUT2D eigenvalue weighted by atomic mass is 32.2. The maximum atomic E-state index is 12.1. The molecule has 0 saturated carbocycles. The second-order valence-electron chi connectivity index (χ2n) is 3.83. The van der Waals surface area contributed by atoms with Gasteiger partial charge in [0.25, 0.3) is 0 Å². The van der Waals surface area contributed by atoms with Crippen LogP contribution in [0.15, 0.2) is 47.4 Å². The summed E-state index contributed by atoms with van der Waals surface area (Å²) < 4.78 is 26.8. The van der Waals surface area contributed by atoms with E-state index >= 15 is 0 Å². The van der Waals surface area contributed by atoms with Crippen molar-refractivity contribution in [2.75, 3.05) is 6.54 Å². The number of hydrogen-bond donors (Lipinski definition) is 1. The van der Waals surface area contributed by atoms with E-state index in [-0.39, 0.29) is 11.4 Å². The topological polar surface area (TPSA) is 46.2 Å². The molecule has 3 nitrogen and oxygen atoms in total. The lowest BCUT2D eigenvalue weighted by Crippen LogP contribution is -2.24. The molecule has 0 amide bonds. The van der Waals surface area contributed by atoms with Gasteiger partial charge < -0.3 is 0 Å². The number of terminal acetylenes is 1. The molecule has 0 unspecified atom stereocenters. The quantitative estimate of drug-likeness (QED) is 0.675. The van der Waals surface area contributed by atoms with Crippen LogP contribution in [0, 0.1) is 12.3 Å². The number of nitrogens with one attached hydrogen (secondary N) is 1. The Bertz CT molecular complexity index is 694. The van der Waals surface area contributed by atoms with Crippen LogP contribution in [0.2, 0.25) is 0 Å². The molecule has 0 aliphatic rings. The Morgan fingerprint density at radius 3 is 2.61 bits per heavy atom. The summed E-state index contributed by atoms with van der Waals surface area (Å²) in [5, 5.41) is 1.62. The number of fused-ring (bicyclic) bond motifs is 1. The van der Waals surface area contributed by atoms with Crippen molar-refractivity contribution < 1.29 is 8.42 Å². The Morgan fingerprint density at radius 2 is 1.83 bits per heavy atom. The van der Waals surface area contributed by atoms with E-state index in [1.165, 1.54) is 0 Å². The van der Waals surface area contributed by atoms with Gasteiger partial charge in [-0.25, -0.2) is 13.1 Å². The molecule has 18 heavy (non-hydrogen) atoms. The van der Waals surface area contributed by atoms with Gasteiger partial charge >= 0.3 is 0 Å². The molecule has 0 heterocycles. The summed E-state index contributed by atoms with van der Waals surface area (Å²) in [7, 11) is -3.50. The Kier molecular flexibility index (Phi) is 3.66. The largest absolute Gasteiger partial charge is 0.241 e. The lowest BCUT2D eigenvalue weighted by molar-refractivity contribution is 0.583. The molecule has 1 N–H and O–H groups in total. The van der Waals surface area contributed by atoms with Crippen LogP contribution in [0.1, 0.15) is 6.42 Å². The molecule has 2 aromatic carbocycles. The van der Waals surface area contributed by atoms with Crippen LogP contribution < -0.4 is 4.72 Å². The summed E-state index contributed by atoms with van der Waals surface area (Å²) >= 11 is 0. The van der Waals surface area contributed by atoms with Crippen molar-refractivity contribution in [1.82, 2.24) is 4.72 Å². The van der Waals surface area contributed by atoms with Gasteiger partial charge in [0.2, 0.25) is 10.0 Å². The molecule has 0 bridgehead atoms. The van der Waals surface area contributed by atoms with Crippen molar-refractivity contribution in [2.24, 2.45) is 0 Å². The van der Waals surface area contributed by atoms with Crippen molar-refractivity contribution >= 4 is 20.8 Å². The first-order chi connectivity index (χ1) is 8.65. The molecule has 0 radical (unpaired) electrons. The molecule has 0 aromatic heterocycles. The van der Waals surface area contributed by atoms with E-state index in [1.54, 1.807) is 18.2 Å². The van der Waals surface area contributed by atoms with Gasteiger partial charge in [-0.15, -0.1) is 12.3 Å². The predicted molar refractivity (Wildman–Crippen MR) is 72.6 cm³/mol. The van der Waals surface area contributed by atoms with E-state index in [1.807, 2.05) is 24.3 Å². The highest BCUT2D eigenvalue weighted by Crippen LogP contribution is 2.22. The van der Waals surface area contributed by atoms with Crippen LogP contribution in [-0.4, -0.2) is 15.0 Å². The average Bonchev–Trinajstić information content (AvgIpc) is 2.38. The molecular formula is C14H13NO2S. The summed E-state index contributed by atoms with van der Waals surface area (Å²) in [5.74, 6) is 2.40. The van der Waals surface area contributed by atoms with Gasteiger partial charge in [0.05, 0.1) is 4.90 Å². The normalized spacial score (nSPS) is 11.3. The molecular weight excluding hydrogens is 246 g/mol. The fourth-order valence-corrected chi connectivity index (χ4v) is 3.02. The molecule has 0 aliphatic heterocycles. The Labute approximate surface area is 107 Å². The van der Waals surface area contributed by atoms with Crippen molar-refractivity contribution in [2.45, 2.75) is 11.3 Å². The highest BCUT2D eigenvalue weighted by molar-refractivity contribution is 7.89. The van der Waals surface area contributed by atoms with Crippen LogP contribution in [-0.2, 0) is 10.0 Å². The molecule has 0 aliphatic carbocycles. The van der Waals surface area contributed by atoms with E-state index in [2.05, 4.69) is 10.6 Å². The number of rotatable bonds is 4. The number of hydrogen-bond acceptors (Lipinski definition) is 2. The maximum Gasteiger partial charge on any atom is 0.241 e. The fraction of sp³-hybridized carbons (Fsp3) is 0.143. The van der Waals surface area contributed by atoms with Crippen LogP contribution in [0.4, 0.5) is 0 Å². The van der Waals surface area contributed by atoms with Crippen LogP contribution >= 0.6 is 0 Å². The molecule has 0 fully saturated rings. The fourth-order valence-electron chi connectivity index (χ4n) is 1.77. The lowest BCUT2D eigenvalue weighted by atomic mass is 10.1. The van der Waals surface area contributed by atoms with Gasteiger partial charge in [-0.2, -0.15) is 0 Å². The lowest BCUT2D eigenvalue weighted by Gasteiger charge is -2.08. The van der Waals surface area contributed by atoms with E-state index in [4.69, 9.17) is 6.42 Å². The second-order valence-corrected chi connectivity index (χ2v) is 5.56. The van der Waals surface area contributed by atoms with E-state index in [9.17, 15) is 8.42 Å². The SMILES string of the molecule is C#CCCNS(=O)(=O)c1cccc2ccccc12. The first-order valence-corrected chi connectivity index (χ1v) is 7.04. The third kappa shape index (κ3) is 2.53. The van der Waals surface area contributed by atoms with Crippen molar-refractivity contribution in [3.63, 3.8) is 0 Å². The monoisotopic (exact) mass is 259 g/mol. The first kappa shape index (κ1) is 12.6. The summed E-state index contributed by atoms with van der Waals surface area (Å²) in [6, 6.07) is 12.6. The van der Waals surface area contributed by atoms with Gasteiger partial charge in [0.15, 0.2) is 0 Å². The zero-order valence-corrected chi connectivity index (χ0v) is 10.6. The van der Waals surface area contributed by atoms with Gasteiger partial charge in [0.1, 0.15) is 0 Å². The minimum Gasteiger partial charge on any atom is -0.210 e. The smallest absolute Gasteiger partial charge is 0.210 e. The molecule has 0 saturated heterocycles. The second kappa shape index (κ2) is 5.21. The molecule has 2 aromatic rings. The van der Waals surface area contributed by atoms with E-state index in [0.29, 0.717) is 11.8 Å². The Hall–Kier alpha value is -1.83. The van der Waals surface area contributed by atoms with Crippen LogP contribution in [0.25, 0.3) is 10.8 Å². The van der Waals surface area contributed by atoms with E-state index in [0.717, 1.165) is 5.39 Å². The summed E-state index contributed by atoms with van der Waals surface area (Å²) in [5.41, 5.74) is 0. The van der Waals surface area contributed by atoms with Gasteiger partial charge in [-0.05, 0) is 11.5 Å². The van der Waals surface area contributed by atoms with Crippen LogP contribution in [0.5, 0.6) is 0 Å². The van der Waals surface area contributed by atoms with Crippen molar-refractivity contribution in [3.05, 3.63) is 42.5 Å². The van der Waals surface area contributed by atoms with Crippen LogP contribution in [0.3, 0.4) is 0 Å². The minimum absolute atomic E-state index is 0.252. The zero-order valence-electron chi connectivity index (χ0n) is 9.76. The van der Waals surface area contributed by atoms with E-state index < -0.39 is 10.0 Å². The van der Waals surface area contributed by atoms with Gasteiger partial charge in [0, 0.05) is 18.4 Å². The Morgan fingerprint density at radius 1 is 1.11 bits per heavy atom. The highest BCUT2D eigenvalue weighted by Gasteiger charge is 2.15. The summed E-state index contributed by atoms with van der Waals surface area (Å²) in [4.78, 5) is 0.289. The average molecular weight is 259 g/mol. The predicted octanol–water partition coefficient (Wildman–Crippen LogP) is 2.14. The van der Waals surface area contributed by atoms with Crippen molar-refractivity contribution in [3.8, 4) is 12.3 Å². The number of benzene rings is 2. The molecule has 2 rings (SSSR count). The molecule has 0 spiro atoms. The molecule has 0 atom stereocenters. The standard InChI is InChI=1S/C14H13NO2S/c1-2-3-11-15-18(16,17)14-10-6-8-12-7-4-5-9-13(12)14/h1,4-10,15H,3,11H2. The first-order valence-electron chi connectivity index (χ1n) is 5.56. The third-order valence-corrected chi connectivity index (χ3v) is 4.12. The summed E-state index contributed by atoms with van der Waals surface area (Å²) in [6.07, 6.45) is 5.48. The molecule has 4 heteroatoms. The Balaban J connectivity index is 2.45. The number of sulfonamides is 1. The summed E-state index contributed by atoms with van der Waals surface area (Å²) in [6.45, 7) is 0.252. The minimum atomic E-state index is -3.50. The van der Waals surface area contributed by atoms with Crippen molar-refractivity contribution in [1.29, 1.82) is 0 Å². The molecule has 92 valence electrons. The van der Waals surface area contributed by atoms with Gasteiger partial charge in [-0.1, -0.05) is 36.4 Å². The zero-order chi connectivity index (χ0) is 13.0. The van der Waals surface area contributed by atoms with Gasteiger partial charge in [-0.3, -0.25) is 0 Å². The third-order valence-electron chi connectivity index (χ3n) is 2.60.